The Hall–Kier alpha value is -5.21. The lowest BCUT2D eigenvalue weighted by Gasteiger charge is -2.03. The number of hydrogen-bond donors (Lipinski definition) is 4. The van der Waals surface area contributed by atoms with Crippen molar-refractivity contribution in [1.29, 1.82) is 0 Å². The maximum absolute atomic E-state index is 11.6. The second-order valence-corrected chi connectivity index (χ2v) is 12.8. The van der Waals surface area contributed by atoms with E-state index in [1.807, 2.05) is 24.3 Å². The molecule has 5 N–H and O–H groups in total. The highest BCUT2D eigenvalue weighted by Gasteiger charge is 2.21. The number of carboxylic acid groups (broad SMARTS) is 1. The number of pyridine rings is 2. The van der Waals surface area contributed by atoms with E-state index in [1.54, 1.807) is 54.7 Å². The molecule has 4 heterocycles. The lowest BCUT2D eigenvalue weighted by Crippen LogP contribution is -2.07. The molecule has 0 aliphatic rings. The van der Waals surface area contributed by atoms with E-state index in [1.165, 1.54) is 31.4 Å². The Morgan fingerprint density at radius 3 is 1.65 bits per heavy atom. The van der Waals surface area contributed by atoms with Crippen LogP contribution in [0.4, 0.5) is 16.6 Å². The molecule has 0 saturated heterocycles. The number of halogens is 2. The number of carboxylic acids is 1. The number of amides is 2. The largest absolute Gasteiger partial charge is 0.477 e. The molecule has 0 fully saturated rings. The Morgan fingerprint density at radius 1 is 0.708 bits per heavy atom. The maximum atomic E-state index is 11.6. The fourth-order valence-electron chi connectivity index (χ4n) is 4.35. The van der Waals surface area contributed by atoms with Gasteiger partial charge in [0.25, 0.3) is 0 Å². The predicted octanol–water partition coefficient (Wildman–Crippen LogP) is 8.25. The molecule has 15 heteroatoms. The molecule has 48 heavy (non-hydrogen) atoms. The molecular weight excluding hydrogens is 693 g/mol. The summed E-state index contributed by atoms with van der Waals surface area (Å²) in [5.74, 6) is -0.647. The standard InChI is InChI=1S/C17H12ClN3O3S.C16H13ClN4OS/c1-9(22)20-13-8-10(6-7-19-13)16-21-14(15(25-16)17(23)24)11-4-2-3-5-12(11)18;1-9(22)20-13-8-10(6-7-19-13)16-21-14(15(18)23-16)11-4-2-3-5-12(11)17/h2-8H,1H3,(H,23,24)(H,19,20,22);2-8H,18H2,1H3,(H,19,20,22). The first-order chi connectivity index (χ1) is 23.0. The van der Waals surface area contributed by atoms with Crippen molar-refractivity contribution in [2.24, 2.45) is 0 Å². The van der Waals surface area contributed by atoms with Crippen LogP contribution in [0, 0.1) is 0 Å². The molecule has 11 nitrogen and oxygen atoms in total. The summed E-state index contributed by atoms with van der Waals surface area (Å²) in [6.45, 7) is 2.82. The molecular formula is C33H25Cl2N7O4S2. The van der Waals surface area contributed by atoms with Gasteiger partial charge in [-0.1, -0.05) is 70.9 Å². The van der Waals surface area contributed by atoms with Crippen LogP contribution in [0.1, 0.15) is 23.5 Å². The van der Waals surface area contributed by atoms with Crippen LogP contribution >= 0.6 is 45.9 Å². The first-order valence-electron chi connectivity index (χ1n) is 14.0. The molecule has 0 aliphatic carbocycles. The van der Waals surface area contributed by atoms with Crippen molar-refractivity contribution < 1.29 is 19.5 Å². The predicted molar refractivity (Wildman–Crippen MR) is 192 cm³/mol. The van der Waals surface area contributed by atoms with Gasteiger partial charge in [0.1, 0.15) is 37.2 Å². The molecule has 0 radical (unpaired) electrons. The fraction of sp³-hybridized carbons (Fsp3) is 0.0606. The number of aromatic carboxylic acids is 1. The summed E-state index contributed by atoms with van der Waals surface area (Å²) in [7, 11) is 0. The molecule has 4 aromatic heterocycles. The summed E-state index contributed by atoms with van der Waals surface area (Å²) >= 11 is 14.8. The first-order valence-corrected chi connectivity index (χ1v) is 16.4. The zero-order valence-electron chi connectivity index (χ0n) is 25.2. The van der Waals surface area contributed by atoms with Gasteiger partial charge in [0, 0.05) is 48.5 Å². The molecule has 0 unspecified atom stereocenters. The zero-order valence-corrected chi connectivity index (χ0v) is 28.3. The van der Waals surface area contributed by atoms with Crippen LogP contribution in [0.15, 0.2) is 85.2 Å². The smallest absolute Gasteiger partial charge is 0.348 e. The zero-order chi connectivity index (χ0) is 34.4. The quantitative estimate of drug-likeness (QED) is 0.127. The third-order valence-corrected chi connectivity index (χ3v) is 9.04. The van der Waals surface area contributed by atoms with Crippen LogP contribution in [0.5, 0.6) is 0 Å². The summed E-state index contributed by atoms with van der Waals surface area (Å²) in [6, 6.07) is 21.3. The average Bonchev–Trinajstić information content (AvgIpc) is 3.66. The van der Waals surface area contributed by atoms with E-state index >= 15 is 0 Å². The van der Waals surface area contributed by atoms with Crippen LogP contribution in [-0.4, -0.2) is 42.8 Å². The van der Waals surface area contributed by atoms with E-state index in [-0.39, 0.29) is 16.7 Å². The Labute approximate surface area is 292 Å². The second-order valence-electron chi connectivity index (χ2n) is 9.92. The van der Waals surface area contributed by atoms with Gasteiger partial charge in [-0.25, -0.2) is 24.7 Å². The minimum atomic E-state index is -1.07. The van der Waals surface area contributed by atoms with Crippen molar-refractivity contribution in [3.8, 4) is 43.7 Å². The molecule has 0 atom stereocenters. The third-order valence-electron chi connectivity index (χ3n) is 6.35. The van der Waals surface area contributed by atoms with Crippen molar-refractivity contribution in [2.75, 3.05) is 16.4 Å². The highest BCUT2D eigenvalue weighted by molar-refractivity contribution is 7.19. The SMILES string of the molecule is CC(=O)Nc1cc(-c2nc(-c3ccccc3Cl)c(C(=O)O)s2)ccn1.CC(=O)Nc1cc(-c2nc(-c3ccccc3Cl)c(N)s2)ccn1. The Bertz CT molecular complexity index is 2150. The number of nitrogen functional groups attached to an aromatic ring is 1. The summed E-state index contributed by atoms with van der Waals surface area (Å²) in [5.41, 5.74) is 9.93. The third kappa shape index (κ3) is 8.19. The maximum Gasteiger partial charge on any atom is 0.348 e. The molecule has 6 rings (SSSR count). The number of aromatic nitrogens is 4. The minimum absolute atomic E-state index is 0.0981. The van der Waals surface area contributed by atoms with E-state index in [0.717, 1.165) is 27.5 Å². The van der Waals surface area contributed by atoms with E-state index in [4.69, 9.17) is 28.9 Å². The van der Waals surface area contributed by atoms with E-state index in [0.29, 0.717) is 54.2 Å². The molecule has 0 bridgehead atoms. The van der Waals surface area contributed by atoms with Gasteiger partial charge in [0.15, 0.2) is 0 Å². The lowest BCUT2D eigenvalue weighted by atomic mass is 10.1. The number of hydrogen-bond acceptors (Lipinski definition) is 10. The number of rotatable bonds is 7. The van der Waals surface area contributed by atoms with E-state index in [9.17, 15) is 19.5 Å². The van der Waals surface area contributed by atoms with Crippen molar-refractivity contribution in [2.45, 2.75) is 13.8 Å². The van der Waals surface area contributed by atoms with Gasteiger partial charge in [-0.15, -0.1) is 11.3 Å². The molecule has 6 aromatic rings. The van der Waals surface area contributed by atoms with Crippen molar-refractivity contribution in [3.05, 3.63) is 100 Å². The van der Waals surface area contributed by atoms with E-state index < -0.39 is 5.97 Å². The molecule has 242 valence electrons. The van der Waals surface area contributed by atoms with Crippen molar-refractivity contribution >= 4 is 80.3 Å². The Morgan fingerprint density at radius 2 is 1.17 bits per heavy atom. The number of nitrogens with zero attached hydrogens (tertiary/aromatic N) is 4. The van der Waals surface area contributed by atoms with E-state index in [2.05, 4.69) is 30.6 Å². The summed E-state index contributed by atoms with van der Waals surface area (Å²) in [6.07, 6.45) is 3.14. The summed E-state index contributed by atoms with van der Waals surface area (Å²) < 4.78 is 0. The van der Waals surface area contributed by atoms with Gasteiger partial charge in [-0.3, -0.25) is 9.59 Å². The van der Waals surface area contributed by atoms with Gasteiger partial charge < -0.3 is 21.5 Å². The number of anilines is 3. The number of nitrogens with two attached hydrogens (primary N) is 1. The molecule has 0 saturated carbocycles. The highest BCUT2D eigenvalue weighted by Crippen LogP contribution is 2.39. The first kappa shape index (κ1) is 34.1. The Balaban J connectivity index is 0.000000188. The molecule has 2 aromatic carbocycles. The number of carbonyl (C=O) groups is 3. The second kappa shape index (κ2) is 15.1. The fourth-order valence-corrected chi connectivity index (χ4v) is 6.56. The lowest BCUT2D eigenvalue weighted by molar-refractivity contribution is -0.115. The average molecular weight is 719 g/mol. The van der Waals surface area contributed by atoms with Crippen LogP contribution in [0.3, 0.4) is 0 Å². The van der Waals surface area contributed by atoms with Gasteiger partial charge in [-0.05, 0) is 36.4 Å². The van der Waals surface area contributed by atoms with Gasteiger partial charge in [0.05, 0.1) is 15.7 Å². The number of nitrogens with one attached hydrogen (secondary N) is 2. The molecule has 0 spiro atoms. The topological polar surface area (TPSA) is 173 Å². The van der Waals surface area contributed by atoms with Gasteiger partial charge in [-0.2, -0.15) is 0 Å². The van der Waals surface area contributed by atoms with Gasteiger partial charge in [0.2, 0.25) is 11.8 Å². The molecule has 2 amide bonds. The Kier molecular flexibility index (Phi) is 10.8. The normalized spacial score (nSPS) is 10.5. The van der Waals surface area contributed by atoms with Crippen molar-refractivity contribution in [3.63, 3.8) is 0 Å². The van der Waals surface area contributed by atoms with Crippen LogP contribution in [0.2, 0.25) is 10.0 Å². The highest BCUT2D eigenvalue weighted by atomic mass is 35.5. The number of thiazole rings is 2. The minimum Gasteiger partial charge on any atom is -0.477 e. The summed E-state index contributed by atoms with van der Waals surface area (Å²) in [4.78, 5) is 51.3. The number of carbonyl (C=O) groups excluding carboxylic acids is 2. The van der Waals surface area contributed by atoms with Crippen LogP contribution in [-0.2, 0) is 9.59 Å². The monoisotopic (exact) mass is 717 g/mol. The summed E-state index contributed by atoms with van der Waals surface area (Å²) in [5, 5.41) is 17.6. The van der Waals surface area contributed by atoms with Crippen LogP contribution < -0.4 is 16.4 Å². The number of benzene rings is 2. The van der Waals surface area contributed by atoms with Crippen molar-refractivity contribution in [1.82, 2.24) is 19.9 Å². The van der Waals surface area contributed by atoms with Crippen LogP contribution in [0.25, 0.3) is 43.7 Å². The molecule has 0 aliphatic heterocycles. The van der Waals surface area contributed by atoms with Gasteiger partial charge >= 0.3 is 5.97 Å².